The molecule has 14 heteroatoms. The van der Waals surface area contributed by atoms with E-state index in [-0.39, 0.29) is 40.3 Å². The van der Waals surface area contributed by atoms with Crippen LogP contribution in [-0.4, -0.2) is 61.5 Å². The summed E-state index contributed by atoms with van der Waals surface area (Å²) in [7, 11) is 0. The normalized spacial score (nSPS) is 11.4. The molecule has 0 spiro atoms. The van der Waals surface area contributed by atoms with Crippen LogP contribution in [0.15, 0.2) is 48.1 Å². The van der Waals surface area contributed by atoms with Gasteiger partial charge in [0.15, 0.2) is 29.3 Å². The van der Waals surface area contributed by atoms with E-state index >= 15 is 0 Å². The maximum absolute atomic E-state index is 12.9. The molecule has 0 fully saturated rings. The Hall–Kier alpha value is -6.44. The van der Waals surface area contributed by atoms with Crippen LogP contribution in [0.3, 0.4) is 0 Å². The number of esters is 2. The predicted octanol–water partition coefficient (Wildman–Crippen LogP) is 5.34. The van der Waals surface area contributed by atoms with Crippen molar-refractivity contribution in [2.24, 2.45) is 0 Å². The number of hydrogen-bond acceptors (Lipinski definition) is 12. The van der Waals surface area contributed by atoms with E-state index in [9.17, 15) is 49.2 Å². The molecule has 0 amide bonds. The van der Waals surface area contributed by atoms with Gasteiger partial charge in [-0.15, -0.1) is 0 Å². The average Bonchev–Trinajstić information content (AvgIpc) is 3.16. The summed E-state index contributed by atoms with van der Waals surface area (Å²) in [6.07, 6.45) is 3.99. The van der Waals surface area contributed by atoms with Crippen molar-refractivity contribution < 1.29 is 68.5 Å². The number of allylic oxidation sites excluding steroid dienone is 2. The number of aromatic hydroxyl groups is 3. The minimum absolute atomic E-state index is 0.0217. The quantitative estimate of drug-likeness (QED) is 0.0481. The van der Waals surface area contributed by atoms with Crippen LogP contribution >= 0.6 is 0 Å². The van der Waals surface area contributed by atoms with Crippen molar-refractivity contribution in [2.45, 2.75) is 47.6 Å². The molecule has 256 valence electrons. The van der Waals surface area contributed by atoms with Crippen molar-refractivity contribution in [1.29, 1.82) is 0 Å². The van der Waals surface area contributed by atoms with Crippen LogP contribution < -0.4 is 9.47 Å². The predicted molar refractivity (Wildman–Crippen MR) is 171 cm³/mol. The number of rotatable bonds is 9. The fourth-order valence-electron chi connectivity index (χ4n) is 4.60. The van der Waals surface area contributed by atoms with Gasteiger partial charge in [-0.3, -0.25) is 9.59 Å². The molecular weight excluding hydrogens is 644 g/mol. The highest BCUT2D eigenvalue weighted by Gasteiger charge is 2.35. The summed E-state index contributed by atoms with van der Waals surface area (Å²) < 4.78 is 15.9. The third-order valence-electron chi connectivity index (χ3n) is 7.09. The van der Waals surface area contributed by atoms with Crippen molar-refractivity contribution >= 4 is 35.9 Å². The maximum Gasteiger partial charge on any atom is 0.347 e. The maximum atomic E-state index is 12.9. The number of carboxylic acids is 2. The third kappa shape index (κ3) is 8.48. The Labute approximate surface area is 279 Å². The summed E-state index contributed by atoms with van der Waals surface area (Å²) in [6.45, 7) is 7.37. The van der Waals surface area contributed by atoms with Gasteiger partial charge in [0.05, 0.1) is 11.1 Å². The molecule has 4 rings (SSSR count). The van der Waals surface area contributed by atoms with Crippen LogP contribution in [0.5, 0.6) is 34.5 Å². The number of fused-ring (bicyclic) bond motifs is 2. The minimum Gasteiger partial charge on any atom is -0.508 e. The first kappa shape index (κ1) is 37.0. The first-order chi connectivity index (χ1) is 23.0. The number of aryl methyl sites for hydroxylation is 1. The number of carbonyl (C=O) groups excluding carboxylic acids is 4. The molecule has 0 saturated heterocycles. The summed E-state index contributed by atoms with van der Waals surface area (Å²) in [5.41, 5.74) is 0.834. The molecule has 1 aliphatic heterocycles. The van der Waals surface area contributed by atoms with Gasteiger partial charge < -0.3 is 39.7 Å². The molecule has 3 aromatic rings. The Morgan fingerprint density at radius 3 is 2.12 bits per heavy atom. The summed E-state index contributed by atoms with van der Waals surface area (Å²) >= 11 is 0. The van der Waals surface area contributed by atoms with Crippen LogP contribution in [0, 0.1) is 13.8 Å². The van der Waals surface area contributed by atoms with Gasteiger partial charge in [0, 0.05) is 23.3 Å². The van der Waals surface area contributed by atoms with E-state index < -0.39 is 70.2 Å². The number of phenols is 3. The molecule has 1 aliphatic rings. The molecule has 1 heterocycles. The molecule has 0 aliphatic carbocycles. The lowest BCUT2D eigenvalue weighted by Crippen LogP contribution is -2.13. The van der Waals surface area contributed by atoms with Gasteiger partial charge in [-0.05, 0) is 76.4 Å². The molecule has 0 bridgehead atoms. The van der Waals surface area contributed by atoms with Crippen LogP contribution in [0.4, 0.5) is 0 Å². The fraction of sp³-hybridized carbons (Fsp3) is 0.200. The number of carbonyl (C=O) groups is 6. The Morgan fingerprint density at radius 1 is 0.878 bits per heavy atom. The summed E-state index contributed by atoms with van der Waals surface area (Å²) in [5.74, 6) is -7.64. The zero-order chi connectivity index (χ0) is 36.7. The zero-order valence-electron chi connectivity index (χ0n) is 26.9. The number of ether oxygens (including phenoxy) is 3. The number of hydrogen-bond donors (Lipinski definition) is 5. The molecule has 49 heavy (non-hydrogen) atoms. The van der Waals surface area contributed by atoms with Gasteiger partial charge in [-0.1, -0.05) is 11.6 Å². The standard InChI is InChI=1S/C22H16O12.C13H16O2/c1-8-5-12(24)10(6-23)19-15(8)22(31)34-20-11(7-32-14(27)4-3-13(25)26)17(28)16(21(29)30)9(2)18(20)33-19;1-9(2)4-5-12-8-11(10(3)14)6-7-13(12)15/h3-6,24,28H,7H2,1-2H3,(H,25,26)(H,29,30);4,6-8,15H,5H2,1-3H3. The first-order valence-corrected chi connectivity index (χ1v) is 14.4. The summed E-state index contributed by atoms with van der Waals surface area (Å²) in [6, 6.07) is 6.10. The Morgan fingerprint density at radius 2 is 1.55 bits per heavy atom. The van der Waals surface area contributed by atoms with Gasteiger partial charge in [0.25, 0.3) is 0 Å². The largest absolute Gasteiger partial charge is 0.508 e. The molecule has 0 atom stereocenters. The highest BCUT2D eigenvalue weighted by atomic mass is 16.6. The number of aromatic carboxylic acids is 1. The second-order valence-corrected chi connectivity index (χ2v) is 10.9. The van der Waals surface area contributed by atoms with Crippen molar-refractivity contribution in [3.05, 3.63) is 92.6 Å². The zero-order valence-corrected chi connectivity index (χ0v) is 26.9. The molecule has 0 radical (unpaired) electrons. The monoisotopic (exact) mass is 676 g/mol. The highest BCUT2D eigenvalue weighted by molar-refractivity contribution is 6.03. The van der Waals surface area contributed by atoms with Crippen LogP contribution in [0.2, 0.25) is 0 Å². The SMILES string of the molecule is CC(=O)c1ccc(O)c(CC=C(C)C)c1.Cc1cc(O)c(C=O)c2c1C(=O)Oc1c(COC(=O)C=CC(=O)O)c(O)c(C(=O)O)c(C)c1O2. The number of ketones is 1. The lowest BCUT2D eigenvalue weighted by Gasteiger charge is -2.18. The Bertz CT molecular complexity index is 1940. The average molecular weight is 677 g/mol. The van der Waals surface area contributed by atoms with Gasteiger partial charge >= 0.3 is 23.9 Å². The number of aldehydes is 1. The van der Waals surface area contributed by atoms with Crippen molar-refractivity contribution in [3.8, 4) is 34.5 Å². The lowest BCUT2D eigenvalue weighted by atomic mass is 10.0. The van der Waals surface area contributed by atoms with Gasteiger partial charge in [0.2, 0.25) is 0 Å². The number of benzene rings is 3. The third-order valence-corrected chi connectivity index (χ3v) is 7.09. The van der Waals surface area contributed by atoms with E-state index in [4.69, 9.17) is 19.3 Å². The second-order valence-electron chi connectivity index (χ2n) is 10.9. The molecule has 3 aromatic carbocycles. The number of Topliss-reactive ketones (excluding diaryl/α,β-unsaturated/α-hetero) is 1. The molecule has 5 N–H and O–H groups in total. The van der Waals surface area contributed by atoms with Crippen molar-refractivity contribution in [2.75, 3.05) is 0 Å². The van der Waals surface area contributed by atoms with Gasteiger partial charge in [0.1, 0.15) is 35.0 Å². The van der Waals surface area contributed by atoms with Crippen LogP contribution in [0.1, 0.15) is 84.5 Å². The van der Waals surface area contributed by atoms with Crippen LogP contribution in [-0.2, 0) is 27.4 Å². The molecule has 0 aromatic heterocycles. The van der Waals surface area contributed by atoms with Gasteiger partial charge in [-0.25, -0.2) is 19.2 Å². The lowest BCUT2D eigenvalue weighted by molar-refractivity contribution is -0.139. The molecule has 0 unspecified atom stereocenters. The molecular formula is C35H32O14. The topological polar surface area (TPSA) is 231 Å². The number of carboxylic acid groups (broad SMARTS) is 2. The smallest absolute Gasteiger partial charge is 0.347 e. The van der Waals surface area contributed by atoms with E-state index in [0.29, 0.717) is 24.1 Å². The van der Waals surface area contributed by atoms with Crippen molar-refractivity contribution in [1.82, 2.24) is 0 Å². The second kappa shape index (κ2) is 15.4. The van der Waals surface area contributed by atoms with Crippen molar-refractivity contribution in [3.63, 3.8) is 0 Å². The van der Waals surface area contributed by atoms with E-state index in [1.165, 1.54) is 26.3 Å². The van der Waals surface area contributed by atoms with Crippen LogP contribution in [0.25, 0.3) is 0 Å². The Kier molecular flexibility index (Phi) is 11.7. The van der Waals surface area contributed by atoms with E-state index in [2.05, 4.69) is 0 Å². The fourth-order valence-corrected chi connectivity index (χ4v) is 4.60. The van der Waals surface area contributed by atoms with E-state index in [0.717, 1.165) is 11.6 Å². The van der Waals surface area contributed by atoms with E-state index in [1.807, 2.05) is 19.9 Å². The number of aliphatic carboxylic acids is 1. The Balaban J connectivity index is 0.000000362. The number of phenolic OH excluding ortho intramolecular Hbond substituents is 2. The summed E-state index contributed by atoms with van der Waals surface area (Å²) in [5, 5.41) is 48.5. The first-order valence-electron chi connectivity index (χ1n) is 14.4. The van der Waals surface area contributed by atoms with E-state index in [1.54, 1.807) is 18.2 Å². The molecule has 14 nitrogen and oxygen atoms in total. The molecule has 0 saturated carbocycles. The minimum atomic E-state index is -1.60. The van der Waals surface area contributed by atoms with Gasteiger partial charge in [-0.2, -0.15) is 0 Å². The summed E-state index contributed by atoms with van der Waals surface area (Å²) in [4.78, 5) is 69.8. The highest BCUT2D eigenvalue weighted by Crippen LogP contribution is 2.50.